The first kappa shape index (κ1) is 13.2. The van der Waals surface area contributed by atoms with Gasteiger partial charge in [0.05, 0.1) is 0 Å². The molecular weight excluding hydrogens is 276 g/mol. The van der Waals surface area contributed by atoms with Crippen molar-refractivity contribution in [3.8, 4) is 11.5 Å². The highest BCUT2D eigenvalue weighted by molar-refractivity contribution is 6.06. The van der Waals surface area contributed by atoms with Gasteiger partial charge in [0.1, 0.15) is 17.8 Å². The fraction of sp³-hybridized carbons (Fsp3) is 0.333. The first-order valence-corrected chi connectivity index (χ1v) is 6.22. The Kier molecular flexibility index (Phi) is 2.89. The van der Waals surface area contributed by atoms with E-state index >= 15 is 0 Å². The first-order chi connectivity index (χ1) is 9.98. The number of nitrogens with zero attached hydrogens (tertiary/aromatic N) is 5. The van der Waals surface area contributed by atoms with Gasteiger partial charge in [0, 0.05) is 6.20 Å². The van der Waals surface area contributed by atoms with Gasteiger partial charge in [-0.05, 0) is 26.0 Å². The molecule has 0 unspecified atom stereocenters. The van der Waals surface area contributed by atoms with Gasteiger partial charge in [0.25, 0.3) is 5.91 Å². The second-order valence-corrected chi connectivity index (χ2v) is 5.03. The quantitative estimate of drug-likeness (QED) is 0.811. The Balaban J connectivity index is 1.82. The summed E-state index contributed by atoms with van der Waals surface area (Å²) in [6.07, 6.45) is 1.53. The molecule has 9 nitrogen and oxygen atoms in total. The molecule has 3 heterocycles. The molecule has 9 heteroatoms. The van der Waals surface area contributed by atoms with Crippen molar-refractivity contribution in [3.63, 3.8) is 0 Å². The zero-order valence-corrected chi connectivity index (χ0v) is 11.4. The monoisotopic (exact) mass is 288 g/mol. The summed E-state index contributed by atoms with van der Waals surface area (Å²) in [6, 6.07) is 2.91. The number of aromatic nitrogens is 4. The molecule has 0 bridgehead atoms. The maximum atomic E-state index is 11.8. The summed E-state index contributed by atoms with van der Waals surface area (Å²) in [4.78, 5) is 28.9. The molecule has 0 radical (unpaired) electrons. The molecule has 108 valence electrons. The lowest BCUT2D eigenvalue weighted by Gasteiger charge is -2.26. The molecule has 1 fully saturated rings. The third kappa shape index (κ3) is 2.22. The van der Waals surface area contributed by atoms with Gasteiger partial charge < -0.3 is 9.42 Å². The maximum absolute atomic E-state index is 11.8. The van der Waals surface area contributed by atoms with E-state index in [4.69, 9.17) is 4.52 Å². The van der Waals surface area contributed by atoms with Crippen LogP contribution in [0.15, 0.2) is 22.9 Å². The molecule has 0 atom stereocenters. The summed E-state index contributed by atoms with van der Waals surface area (Å²) in [5, 5.41) is 13.6. The van der Waals surface area contributed by atoms with Crippen molar-refractivity contribution < 1.29 is 14.1 Å². The Hall–Kier alpha value is -2.84. The van der Waals surface area contributed by atoms with Crippen molar-refractivity contribution in [2.24, 2.45) is 0 Å². The second-order valence-electron chi connectivity index (χ2n) is 5.03. The topological polar surface area (TPSA) is 114 Å². The van der Waals surface area contributed by atoms with Crippen molar-refractivity contribution in [2.75, 3.05) is 0 Å². The van der Waals surface area contributed by atoms with Crippen LogP contribution < -0.4 is 5.32 Å². The average molecular weight is 288 g/mol. The predicted molar refractivity (Wildman–Crippen MR) is 68.5 cm³/mol. The van der Waals surface area contributed by atoms with E-state index in [1.807, 2.05) is 0 Å². The molecule has 0 saturated carbocycles. The van der Waals surface area contributed by atoms with Crippen LogP contribution >= 0.6 is 0 Å². The lowest BCUT2D eigenvalue weighted by molar-refractivity contribution is -0.125. The minimum Gasteiger partial charge on any atom is -0.337 e. The molecule has 21 heavy (non-hydrogen) atoms. The summed E-state index contributed by atoms with van der Waals surface area (Å²) in [5.74, 6) is 0.136. The van der Waals surface area contributed by atoms with E-state index in [1.165, 1.54) is 11.1 Å². The van der Waals surface area contributed by atoms with E-state index in [0.717, 1.165) is 0 Å². The summed E-state index contributed by atoms with van der Waals surface area (Å²) in [6.45, 7) is 3.33. The van der Waals surface area contributed by atoms with Gasteiger partial charge in [0.15, 0.2) is 0 Å². The fourth-order valence-corrected chi connectivity index (χ4v) is 1.94. The number of carbonyl (C=O) groups is 2. The third-order valence-electron chi connectivity index (χ3n) is 3.26. The number of amides is 3. The highest BCUT2D eigenvalue weighted by atomic mass is 16.5. The number of hydrogen-bond acceptors (Lipinski definition) is 7. The molecule has 0 aromatic carbocycles. The van der Waals surface area contributed by atoms with Gasteiger partial charge in [-0.2, -0.15) is 10.1 Å². The number of rotatable bonds is 3. The Morgan fingerprint density at radius 2 is 2.19 bits per heavy atom. The summed E-state index contributed by atoms with van der Waals surface area (Å²) >= 11 is 0. The zero-order chi connectivity index (χ0) is 15.0. The summed E-state index contributed by atoms with van der Waals surface area (Å²) < 4.78 is 5.10. The maximum Gasteiger partial charge on any atom is 0.325 e. The molecule has 1 saturated heterocycles. The normalized spacial score (nSPS) is 17.1. The molecule has 0 aliphatic carbocycles. The molecule has 1 aliphatic heterocycles. The fourth-order valence-electron chi connectivity index (χ4n) is 1.94. The van der Waals surface area contributed by atoms with E-state index in [9.17, 15) is 9.59 Å². The van der Waals surface area contributed by atoms with Gasteiger partial charge in [-0.25, -0.2) is 4.79 Å². The first-order valence-electron chi connectivity index (χ1n) is 6.22. The van der Waals surface area contributed by atoms with Crippen LogP contribution in [0.5, 0.6) is 0 Å². The lowest BCUT2D eigenvalue weighted by Crippen LogP contribution is -2.43. The number of carbonyl (C=O) groups excluding carboxylic acids is 2. The van der Waals surface area contributed by atoms with Crippen molar-refractivity contribution in [3.05, 3.63) is 24.2 Å². The third-order valence-corrected chi connectivity index (χ3v) is 3.26. The van der Waals surface area contributed by atoms with Crippen LogP contribution in [0.25, 0.3) is 11.5 Å². The number of nitrogens with one attached hydrogen (secondary N) is 1. The largest absolute Gasteiger partial charge is 0.337 e. The Morgan fingerprint density at radius 1 is 1.38 bits per heavy atom. The average Bonchev–Trinajstić information content (AvgIpc) is 3.00. The molecule has 2 aromatic heterocycles. The number of imide groups is 1. The number of hydrogen-bond donors (Lipinski definition) is 1. The van der Waals surface area contributed by atoms with E-state index in [0.29, 0.717) is 5.69 Å². The Bertz CT molecular complexity index is 696. The molecule has 2 aromatic rings. The van der Waals surface area contributed by atoms with Crippen LogP contribution in [0.4, 0.5) is 4.79 Å². The van der Waals surface area contributed by atoms with Crippen molar-refractivity contribution in [1.29, 1.82) is 0 Å². The van der Waals surface area contributed by atoms with E-state index in [2.05, 4.69) is 25.7 Å². The molecule has 1 N–H and O–H groups in total. The van der Waals surface area contributed by atoms with E-state index < -0.39 is 11.6 Å². The molecular formula is C12H12N6O3. The minimum absolute atomic E-state index is 0.0395. The SMILES string of the molecule is CC1(C)C(=O)NC(=O)N1Cc1nc(-c2cccnn2)no1. The molecule has 0 spiro atoms. The van der Waals surface area contributed by atoms with Crippen LogP contribution in [-0.4, -0.2) is 42.7 Å². The summed E-state index contributed by atoms with van der Waals surface area (Å²) in [7, 11) is 0. The smallest absolute Gasteiger partial charge is 0.325 e. The van der Waals surface area contributed by atoms with Gasteiger partial charge in [-0.15, -0.1) is 5.10 Å². The summed E-state index contributed by atoms with van der Waals surface area (Å²) in [5.41, 5.74) is -0.494. The Labute approximate surface area is 119 Å². The van der Waals surface area contributed by atoms with Crippen molar-refractivity contribution >= 4 is 11.9 Å². The molecule has 3 amide bonds. The minimum atomic E-state index is -0.960. The number of urea groups is 1. The van der Waals surface area contributed by atoms with Crippen molar-refractivity contribution in [2.45, 2.75) is 25.9 Å². The van der Waals surface area contributed by atoms with Crippen LogP contribution in [0.3, 0.4) is 0 Å². The van der Waals surface area contributed by atoms with E-state index in [-0.39, 0.29) is 24.2 Å². The predicted octanol–water partition coefficient (Wildman–Crippen LogP) is 0.357. The van der Waals surface area contributed by atoms with Gasteiger partial charge in [0.2, 0.25) is 11.7 Å². The van der Waals surface area contributed by atoms with Crippen LogP contribution in [0.1, 0.15) is 19.7 Å². The lowest BCUT2D eigenvalue weighted by atomic mass is 10.0. The molecule has 1 aliphatic rings. The van der Waals surface area contributed by atoms with Gasteiger partial charge in [-0.1, -0.05) is 5.16 Å². The van der Waals surface area contributed by atoms with Gasteiger partial charge >= 0.3 is 6.03 Å². The van der Waals surface area contributed by atoms with Crippen molar-refractivity contribution in [1.82, 2.24) is 30.6 Å². The Morgan fingerprint density at radius 3 is 2.81 bits per heavy atom. The van der Waals surface area contributed by atoms with E-state index in [1.54, 1.807) is 26.0 Å². The van der Waals surface area contributed by atoms with Gasteiger partial charge in [-0.3, -0.25) is 10.1 Å². The van der Waals surface area contributed by atoms with Crippen LogP contribution in [-0.2, 0) is 11.3 Å². The highest BCUT2D eigenvalue weighted by Crippen LogP contribution is 2.23. The van der Waals surface area contributed by atoms with Crippen LogP contribution in [0, 0.1) is 0 Å². The zero-order valence-electron chi connectivity index (χ0n) is 11.4. The molecule has 3 rings (SSSR count). The standard InChI is InChI=1S/C12H12N6O3/c1-12(2)10(19)15-11(20)18(12)6-8-14-9(17-21-8)7-4-3-5-13-16-7/h3-5H,6H2,1-2H3,(H,15,19,20). The second kappa shape index (κ2) is 4.62. The van der Waals surface area contributed by atoms with Crippen LogP contribution in [0.2, 0.25) is 0 Å². The highest BCUT2D eigenvalue weighted by Gasteiger charge is 2.46.